The molecule has 1 aromatic carbocycles. The Hall–Kier alpha value is -1.83. The van der Waals surface area contributed by atoms with Gasteiger partial charge in [-0.05, 0) is 12.1 Å². The van der Waals surface area contributed by atoms with Crippen molar-refractivity contribution in [3.05, 3.63) is 33.9 Å². The molecule has 9 heteroatoms. The maximum Gasteiger partial charge on any atom is 0.573 e. The summed E-state index contributed by atoms with van der Waals surface area (Å²) in [6.45, 7) is 0. The number of carbonyl (C=O) groups is 1. The molecule has 0 aliphatic carbocycles. The molecule has 0 saturated carbocycles. The minimum Gasteiger partial charge on any atom is -0.406 e. The molecule has 0 aliphatic rings. The number of hydrogen-bond donors (Lipinski definition) is 0. The number of benzene rings is 1. The molecule has 1 rings (SSSR count). The summed E-state index contributed by atoms with van der Waals surface area (Å²) in [5, 5.41) is 10.6. The summed E-state index contributed by atoms with van der Waals surface area (Å²) < 4.78 is 39.3. The number of ketones is 1. The predicted octanol–water partition coefficient (Wildman–Crippen LogP) is 2.91. The van der Waals surface area contributed by atoms with E-state index in [4.69, 9.17) is 11.6 Å². The summed E-state index contributed by atoms with van der Waals surface area (Å²) in [6, 6.07) is 2.19. The first-order valence-electron chi connectivity index (χ1n) is 4.38. The predicted molar refractivity (Wildman–Crippen MR) is 54.8 cm³/mol. The second-order valence-corrected chi connectivity index (χ2v) is 3.31. The number of rotatable bonds is 4. The first-order valence-corrected chi connectivity index (χ1v) is 4.91. The molecule has 18 heavy (non-hydrogen) atoms. The molecule has 0 radical (unpaired) electrons. The van der Waals surface area contributed by atoms with Gasteiger partial charge in [-0.2, -0.15) is 0 Å². The molecule has 0 bridgehead atoms. The van der Waals surface area contributed by atoms with Crippen molar-refractivity contribution in [2.75, 3.05) is 5.88 Å². The molecule has 5 nitrogen and oxygen atoms in total. The van der Waals surface area contributed by atoms with Crippen molar-refractivity contribution in [1.82, 2.24) is 0 Å². The molecule has 0 aromatic heterocycles. The Bertz CT molecular complexity index is 489. The van der Waals surface area contributed by atoms with Crippen molar-refractivity contribution >= 4 is 23.1 Å². The van der Waals surface area contributed by atoms with E-state index >= 15 is 0 Å². The van der Waals surface area contributed by atoms with Crippen LogP contribution in [-0.4, -0.2) is 22.9 Å². The average molecular weight is 284 g/mol. The highest BCUT2D eigenvalue weighted by molar-refractivity contribution is 6.31. The Kier molecular flexibility index (Phi) is 4.12. The lowest BCUT2D eigenvalue weighted by atomic mass is 10.1. The number of alkyl halides is 4. The van der Waals surface area contributed by atoms with Crippen LogP contribution in [0.1, 0.15) is 10.4 Å². The van der Waals surface area contributed by atoms with Crippen LogP contribution in [0.3, 0.4) is 0 Å². The number of hydrogen-bond acceptors (Lipinski definition) is 4. The maximum absolute atomic E-state index is 11.9. The summed E-state index contributed by atoms with van der Waals surface area (Å²) >= 11 is 5.23. The third-order valence-corrected chi connectivity index (χ3v) is 2.06. The van der Waals surface area contributed by atoms with Crippen molar-refractivity contribution in [3.63, 3.8) is 0 Å². The van der Waals surface area contributed by atoms with Crippen LogP contribution in [0.4, 0.5) is 18.9 Å². The highest BCUT2D eigenvalue weighted by atomic mass is 35.5. The monoisotopic (exact) mass is 283 g/mol. The highest BCUT2D eigenvalue weighted by Gasteiger charge is 2.32. The Morgan fingerprint density at radius 2 is 2.06 bits per heavy atom. The number of nitro groups is 1. The van der Waals surface area contributed by atoms with Gasteiger partial charge in [-0.1, -0.05) is 0 Å². The van der Waals surface area contributed by atoms with E-state index in [9.17, 15) is 28.1 Å². The fourth-order valence-corrected chi connectivity index (χ4v) is 1.31. The van der Waals surface area contributed by atoms with Gasteiger partial charge in [0.25, 0.3) is 5.69 Å². The van der Waals surface area contributed by atoms with Crippen molar-refractivity contribution in [2.45, 2.75) is 6.36 Å². The highest BCUT2D eigenvalue weighted by Crippen LogP contribution is 2.29. The second kappa shape index (κ2) is 5.21. The Labute approximate surface area is 103 Å². The van der Waals surface area contributed by atoms with Gasteiger partial charge in [0.2, 0.25) is 0 Å². The number of ether oxygens (including phenoxy) is 1. The maximum atomic E-state index is 11.9. The molecule has 0 aliphatic heterocycles. The van der Waals surface area contributed by atoms with Crippen LogP contribution in [0, 0.1) is 10.1 Å². The molecule has 0 N–H and O–H groups in total. The molecule has 1 aromatic rings. The average Bonchev–Trinajstić information content (AvgIpc) is 2.25. The fraction of sp³-hybridized carbons (Fsp3) is 0.222. The van der Waals surface area contributed by atoms with Gasteiger partial charge in [-0.15, -0.1) is 24.8 Å². The van der Waals surface area contributed by atoms with Crippen molar-refractivity contribution in [2.24, 2.45) is 0 Å². The molecule has 0 heterocycles. The van der Waals surface area contributed by atoms with Crippen LogP contribution in [0.25, 0.3) is 0 Å². The van der Waals surface area contributed by atoms with Crippen LogP contribution in [-0.2, 0) is 0 Å². The number of nitro benzene ring substituents is 1. The summed E-state index contributed by atoms with van der Waals surface area (Å²) in [4.78, 5) is 20.9. The number of Topliss-reactive ketones (excluding diaryl/α,β-unsaturated/α-hetero) is 1. The van der Waals surface area contributed by atoms with Gasteiger partial charge in [0, 0.05) is 0 Å². The van der Waals surface area contributed by atoms with Gasteiger partial charge in [0.15, 0.2) is 5.78 Å². The van der Waals surface area contributed by atoms with E-state index in [0.717, 1.165) is 12.1 Å². The zero-order valence-corrected chi connectivity index (χ0v) is 9.29. The first-order chi connectivity index (χ1) is 8.24. The third-order valence-electron chi connectivity index (χ3n) is 1.82. The topological polar surface area (TPSA) is 69.4 Å². The zero-order valence-electron chi connectivity index (χ0n) is 8.53. The van der Waals surface area contributed by atoms with Gasteiger partial charge in [0.1, 0.15) is 5.75 Å². The number of carbonyl (C=O) groups excluding carboxylic acids is 1. The van der Waals surface area contributed by atoms with Crippen LogP contribution >= 0.6 is 11.6 Å². The fourth-order valence-electron chi connectivity index (χ4n) is 1.17. The summed E-state index contributed by atoms with van der Waals surface area (Å²) in [5.74, 6) is -2.05. The molecule has 0 amide bonds. The first kappa shape index (κ1) is 14.2. The lowest BCUT2D eigenvalue weighted by molar-refractivity contribution is -0.385. The SMILES string of the molecule is O=C(CCl)c1ccc(OC(F)(F)F)cc1[N+](=O)[O-]. The van der Waals surface area contributed by atoms with Crippen molar-refractivity contribution in [3.8, 4) is 5.75 Å². The van der Waals surface area contributed by atoms with Gasteiger partial charge in [0.05, 0.1) is 22.4 Å². The molecule has 0 spiro atoms. The van der Waals surface area contributed by atoms with E-state index in [0.29, 0.717) is 6.07 Å². The van der Waals surface area contributed by atoms with Gasteiger partial charge < -0.3 is 4.74 Å². The molecule has 0 unspecified atom stereocenters. The summed E-state index contributed by atoms with van der Waals surface area (Å²) in [6.07, 6.45) is -4.97. The Balaban J connectivity index is 3.19. The molecule has 0 fully saturated rings. The van der Waals surface area contributed by atoms with Crippen molar-refractivity contribution in [1.29, 1.82) is 0 Å². The van der Waals surface area contributed by atoms with Gasteiger partial charge in [-0.3, -0.25) is 14.9 Å². The quantitative estimate of drug-likeness (QED) is 0.369. The van der Waals surface area contributed by atoms with Crippen LogP contribution in [0.15, 0.2) is 18.2 Å². The molecular formula is C9H5ClF3NO4. The van der Waals surface area contributed by atoms with Gasteiger partial charge in [-0.25, -0.2) is 0 Å². The van der Waals surface area contributed by atoms with Crippen LogP contribution in [0.5, 0.6) is 5.75 Å². The molecule has 0 atom stereocenters. The zero-order chi connectivity index (χ0) is 13.9. The van der Waals surface area contributed by atoms with E-state index in [1.807, 2.05) is 0 Å². The molecular weight excluding hydrogens is 279 g/mol. The van der Waals surface area contributed by atoms with Crippen LogP contribution < -0.4 is 4.74 Å². The Morgan fingerprint density at radius 1 is 1.44 bits per heavy atom. The minimum atomic E-state index is -4.97. The molecule has 0 saturated heterocycles. The van der Waals surface area contributed by atoms with E-state index in [-0.39, 0.29) is 5.56 Å². The number of halogens is 4. The minimum absolute atomic E-state index is 0.371. The summed E-state index contributed by atoms with van der Waals surface area (Å²) in [7, 11) is 0. The Morgan fingerprint density at radius 3 is 2.50 bits per heavy atom. The van der Waals surface area contributed by atoms with Gasteiger partial charge >= 0.3 is 6.36 Å². The molecule has 98 valence electrons. The van der Waals surface area contributed by atoms with E-state index in [1.165, 1.54) is 0 Å². The van der Waals surface area contributed by atoms with Crippen LogP contribution in [0.2, 0.25) is 0 Å². The van der Waals surface area contributed by atoms with Crippen molar-refractivity contribution < 1.29 is 27.6 Å². The normalized spacial score (nSPS) is 11.1. The van der Waals surface area contributed by atoms with E-state index in [1.54, 1.807) is 0 Å². The number of nitrogens with zero attached hydrogens (tertiary/aromatic N) is 1. The smallest absolute Gasteiger partial charge is 0.406 e. The summed E-state index contributed by atoms with van der Waals surface area (Å²) in [5.41, 5.74) is -1.16. The second-order valence-electron chi connectivity index (χ2n) is 3.04. The van der Waals surface area contributed by atoms with E-state index in [2.05, 4.69) is 4.74 Å². The lowest BCUT2D eigenvalue weighted by Gasteiger charge is -2.09. The third kappa shape index (κ3) is 3.59. The largest absolute Gasteiger partial charge is 0.573 e. The lowest BCUT2D eigenvalue weighted by Crippen LogP contribution is -2.17. The standard InChI is InChI=1S/C9H5ClF3NO4/c10-4-8(15)6-2-1-5(18-9(11,12)13)3-7(6)14(16)17/h1-3H,4H2. The van der Waals surface area contributed by atoms with E-state index < -0.39 is 34.4 Å².